The molecule has 1 saturated heterocycles. The maximum Gasteiger partial charge on any atom is 0.407 e. The second kappa shape index (κ2) is 9.14. The van der Waals surface area contributed by atoms with E-state index in [1.54, 1.807) is 24.3 Å². The fourth-order valence-electron chi connectivity index (χ4n) is 3.89. The zero-order valence-electron chi connectivity index (χ0n) is 17.7. The molecule has 1 aromatic carbocycles. The Bertz CT molecular complexity index is 964. The Balaban J connectivity index is 1.68. The van der Waals surface area contributed by atoms with Gasteiger partial charge in [0.2, 0.25) is 0 Å². The number of hydrogen-bond donors (Lipinski definition) is 1. The number of hydrogen-bond acceptors (Lipinski definition) is 5. The molecule has 8 heteroatoms. The minimum atomic E-state index is -3.21. The SMILES string of the molecule is CC(C)N(Cc1ccc(-c2ccc(S(C)(=O)=O)cc2)nc1)C1CCN(C(=O)O)CC1. The number of sulfone groups is 1. The first-order valence-corrected chi connectivity index (χ1v) is 12.0. The molecule has 7 nitrogen and oxygen atoms in total. The quantitative estimate of drug-likeness (QED) is 0.753. The number of pyridine rings is 1. The van der Waals surface area contributed by atoms with Gasteiger partial charge in [-0.2, -0.15) is 0 Å². The standard InChI is InChI=1S/C22H29N3O4S/c1-16(2)25(19-10-12-24(13-11-19)22(26)27)15-17-4-9-21(23-14-17)18-5-7-20(8-6-18)30(3,28)29/h4-9,14,16,19H,10-13,15H2,1-3H3,(H,26,27). The van der Waals surface area contributed by atoms with Gasteiger partial charge in [-0.3, -0.25) is 9.88 Å². The number of carbonyl (C=O) groups is 1. The summed E-state index contributed by atoms with van der Waals surface area (Å²) < 4.78 is 23.2. The van der Waals surface area contributed by atoms with Crippen molar-refractivity contribution in [2.45, 2.75) is 50.2 Å². The van der Waals surface area contributed by atoms with E-state index in [1.807, 2.05) is 12.3 Å². The van der Waals surface area contributed by atoms with Crippen molar-refractivity contribution in [2.75, 3.05) is 19.3 Å². The number of rotatable bonds is 6. The fourth-order valence-corrected chi connectivity index (χ4v) is 4.53. The van der Waals surface area contributed by atoms with Gasteiger partial charge in [0.05, 0.1) is 10.6 Å². The fraction of sp³-hybridized carbons (Fsp3) is 0.455. The third kappa shape index (κ3) is 5.37. The smallest absolute Gasteiger partial charge is 0.407 e. The predicted molar refractivity (Wildman–Crippen MR) is 116 cm³/mol. The lowest BCUT2D eigenvalue weighted by Crippen LogP contribution is -2.48. The van der Waals surface area contributed by atoms with Crippen molar-refractivity contribution in [3.05, 3.63) is 48.2 Å². The Hall–Kier alpha value is -2.45. The lowest BCUT2D eigenvalue weighted by atomic mass is 10.0. The van der Waals surface area contributed by atoms with Crippen molar-refractivity contribution in [1.29, 1.82) is 0 Å². The van der Waals surface area contributed by atoms with Crippen molar-refractivity contribution in [1.82, 2.24) is 14.8 Å². The maximum absolute atomic E-state index is 11.6. The lowest BCUT2D eigenvalue weighted by Gasteiger charge is -2.39. The predicted octanol–water partition coefficient (Wildman–Crippen LogP) is 3.50. The first-order chi connectivity index (χ1) is 14.1. The first kappa shape index (κ1) is 22.2. The Morgan fingerprint density at radius 2 is 1.80 bits per heavy atom. The highest BCUT2D eigenvalue weighted by atomic mass is 32.2. The van der Waals surface area contributed by atoms with Crippen molar-refractivity contribution in [3.63, 3.8) is 0 Å². The van der Waals surface area contributed by atoms with E-state index < -0.39 is 15.9 Å². The van der Waals surface area contributed by atoms with Crippen LogP contribution in [-0.4, -0.2) is 65.8 Å². The molecular formula is C22H29N3O4S. The third-order valence-electron chi connectivity index (χ3n) is 5.64. The van der Waals surface area contributed by atoms with E-state index in [2.05, 4.69) is 29.8 Å². The van der Waals surface area contributed by atoms with Crippen LogP contribution in [0.3, 0.4) is 0 Å². The van der Waals surface area contributed by atoms with Crippen LogP contribution in [0.15, 0.2) is 47.5 Å². The molecule has 30 heavy (non-hydrogen) atoms. The molecular weight excluding hydrogens is 402 g/mol. The molecule has 1 aromatic heterocycles. The molecule has 0 saturated carbocycles. The molecule has 2 aromatic rings. The molecule has 0 radical (unpaired) electrons. The molecule has 1 aliphatic rings. The Morgan fingerprint density at radius 3 is 2.27 bits per heavy atom. The summed E-state index contributed by atoms with van der Waals surface area (Å²) in [6, 6.07) is 11.4. The van der Waals surface area contributed by atoms with Crippen LogP contribution in [0.25, 0.3) is 11.3 Å². The highest BCUT2D eigenvalue weighted by Gasteiger charge is 2.28. The van der Waals surface area contributed by atoms with E-state index in [9.17, 15) is 13.2 Å². The van der Waals surface area contributed by atoms with E-state index in [0.717, 1.165) is 36.2 Å². The third-order valence-corrected chi connectivity index (χ3v) is 6.76. The summed E-state index contributed by atoms with van der Waals surface area (Å²) in [5, 5.41) is 9.16. The molecule has 1 amide bonds. The Kier molecular flexibility index (Phi) is 6.77. The van der Waals surface area contributed by atoms with E-state index in [0.29, 0.717) is 30.1 Å². The highest BCUT2D eigenvalue weighted by molar-refractivity contribution is 7.90. The highest BCUT2D eigenvalue weighted by Crippen LogP contribution is 2.23. The summed E-state index contributed by atoms with van der Waals surface area (Å²) in [5.74, 6) is 0. The molecule has 0 bridgehead atoms. The van der Waals surface area contributed by atoms with Crippen LogP contribution in [0, 0.1) is 0 Å². The number of benzene rings is 1. The summed E-state index contributed by atoms with van der Waals surface area (Å²) in [6.07, 6.45) is 3.89. The molecule has 1 fully saturated rings. The second-order valence-corrected chi connectivity index (χ2v) is 10.1. The van der Waals surface area contributed by atoms with Gasteiger partial charge in [-0.25, -0.2) is 13.2 Å². The van der Waals surface area contributed by atoms with Crippen LogP contribution in [0.4, 0.5) is 4.79 Å². The molecule has 2 heterocycles. The van der Waals surface area contributed by atoms with Gasteiger partial charge >= 0.3 is 6.09 Å². The zero-order valence-corrected chi connectivity index (χ0v) is 18.5. The number of piperidine rings is 1. The van der Waals surface area contributed by atoms with Gasteiger partial charge in [0.15, 0.2) is 9.84 Å². The molecule has 1 aliphatic heterocycles. The summed E-state index contributed by atoms with van der Waals surface area (Å²) in [4.78, 5) is 19.9. The van der Waals surface area contributed by atoms with Crippen LogP contribution in [-0.2, 0) is 16.4 Å². The normalized spacial score (nSPS) is 15.7. The van der Waals surface area contributed by atoms with Crippen LogP contribution in [0.5, 0.6) is 0 Å². The van der Waals surface area contributed by atoms with Crippen LogP contribution >= 0.6 is 0 Å². The van der Waals surface area contributed by atoms with Gasteiger partial charge in [-0.05, 0) is 50.5 Å². The zero-order chi connectivity index (χ0) is 21.9. The topological polar surface area (TPSA) is 90.8 Å². The number of carboxylic acid groups (broad SMARTS) is 1. The first-order valence-electron chi connectivity index (χ1n) is 10.1. The summed E-state index contributed by atoms with van der Waals surface area (Å²) in [7, 11) is -3.21. The van der Waals surface area contributed by atoms with Gasteiger partial charge < -0.3 is 10.0 Å². The molecule has 1 N–H and O–H groups in total. The van der Waals surface area contributed by atoms with E-state index in [4.69, 9.17) is 5.11 Å². The van der Waals surface area contributed by atoms with Gasteiger partial charge in [0.1, 0.15) is 0 Å². The number of aromatic nitrogens is 1. The molecule has 162 valence electrons. The van der Waals surface area contributed by atoms with Crippen molar-refractivity contribution in [3.8, 4) is 11.3 Å². The molecule has 0 atom stereocenters. The second-order valence-electron chi connectivity index (χ2n) is 8.12. The maximum atomic E-state index is 11.6. The molecule has 0 spiro atoms. The molecule has 0 unspecified atom stereocenters. The number of amides is 1. The Labute approximate surface area is 178 Å². The number of likely N-dealkylation sites (tertiary alicyclic amines) is 1. The van der Waals surface area contributed by atoms with E-state index >= 15 is 0 Å². The summed E-state index contributed by atoms with van der Waals surface area (Å²) in [5.41, 5.74) is 2.77. The van der Waals surface area contributed by atoms with Gasteiger partial charge in [0.25, 0.3) is 0 Å². The van der Waals surface area contributed by atoms with Crippen molar-refractivity contribution >= 4 is 15.9 Å². The van der Waals surface area contributed by atoms with E-state index in [-0.39, 0.29) is 0 Å². The van der Waals surface area contributed by atoms with Crippen molar-refractivity contribution < 1.29 is 18.3 Å². The molecule has 3 rings (SSSR count). The van der Waals surface area contributed by atoms with Crippen LogP contribution in [0.1, 0.15) is 32.3 Å². The monoisotopic (exact) mass is 431 g/mol. The van der Waals surface area contributed by atoms with E-state index in [1.165, 1.54) is 11.2 Å². The van der Waals surface area contributed by atoms with Crippen LogP contribution in [0.2, 0.25) is 0 Å². The summed E-state index contributed by atoms with van der Waals surface area (Å²) in [6.45, 7) is 6.23. The lowest BCUT2D eigenvalue weighted by molar-refractivity contribution is 0.0741. The minimum absolute atomic E-state index is 0.296. The summed E-state index contributed by atoms with van der Waals surface area (Å²) >= 11 is 0. The molecule has 0 aliphatic carbocycles. The van der Waals surface area contributed by atoms with Gasteiger partial charge in [-0.1, -0.05) is 18.2 Å². The van der Waals surface area contributed by atoms with Crippen molar-refractivity contribution in [2.24, 2.45) is 0 Å². The Morgan fingerprint density at radius 1 is 1.17 bits per heavy atom. The van der Waals surface area contributed by atoms with Crippen LogP contribution < -0.4 is 0 Å². The van der Waals surface area contributed by atoms with Gasteiger partial charge in [0, 0.05) is 49.7 Å². The minimum Gasteiger partial charge on any atom is -0.465 e. The largest absolute Gasteiger partial charge is 0.465 e. The van der Waals surface area contributed by atoms with Gasteiger partial charge in [-0.15, -0.1) is 0 Å². The number of nitrogens with zero attached hydrogens (tertiary/aromatic N) is 3. The average Bonchev–Trinajstić information content (AvgIpc) is 2.72. The average molecular weight is 432 g/mol.